The van der Waals surface area contributed by atoms with Crippen LogP contribution in [0.25, 0.3) is 0 Å². The van der Waals surface area contributed by atoms with E-state index >= 15 is 0 Å². The van der Waals surface area contributed by atoms with Gasteiger partial charge < -0.3 is 14.2 Å². The highest BCUT2D eigenvalue weighted by molar-refractivity contribution is 7.90. The van der Waals surface area contributed by atoms with Crippen molar-refractivity contribution in [1.82, 2.24) is 38.6 Å². The molecule has 4 rings (SSSR count). The fourth-order valence-electron chi connectivity index (χ4n) is 4.54. The second-order valence-corrected chi connectivity index (χ2v) is 17.2. The highest BCUT2D eigenvalue weighted by atomic mass is 32.2. The van der Waals surface area contributed by atoms with E-state index in [1.807, 2.05) is 6.92 Å². The molecule has 0 fully saturated rings. The summed E-state index contributed by atoms with van der Waals surface area (Å²) in [4.78, 5) is 70.6. The van der Waals surface area contributed by atoms with Gasteiger partial charge in [-0.15, -0.1) is 32.5 Å². The first kappa shape index (κ1) is 48.0. The van der Waals surface area contributed by atoms with Gasteiger partial charge in [-0.25, -0.2) is 60.1 Å². The van der Waals surface area contributed by atoms with Crippen LogP contribution >= 0.6 is 22.7 Å². The molecule has 0 saturated carbocycles. The first-order valence-corrected chi connectivity index (χ1v) is 21.7. The van der Waals surface area contributed by atoms with Crippen LogP contribution in [0.1, 0.15) is 90.6 Å². The molecule has 0 saturated heterocycles. The molecule has 0 aliphatic rings. The molecular formula is C32H46N8O13S4. The number of carbonyl (C=O) groups excluding carboxylic acids is 4. The maximum atomic E-state index is 12.8. The Morgan fingerprint density at radius 2 is 1.26 bits per heavy atom. The van der Waals surface area contributed by atoms with E-state index in [1.54, 1.807) is 62.5 Å². The monoisotopic (exact) mass is 878 g/mol. The molecule has 0 radical (unpaired) electrons. The number of aryl methyl sites for hydroxylation is 4. The van der Waals surface area contributed by atoms with E-state index in [4.69, 9.17) is 9.47 Å². The van der Waals surface area contributed by atoms with Crippen LogP contribution in [-0.2, 0) is 60.7 Å². The molecule has 4 heterocycles. The minimum absolute atomic E-state index is 0.0815. The second kappa shape index (κ2) is 20.3. The Balaban J connectivity index is 0.000000329. The van der Waals surface area contributed by atoms with Crippen molar-refractivity contribution in [3.63, 3.8) is 0 Å². The summed E-state index contributed by atoms with van der Waals surface area (Å²) >= 11 is 2.19. The molecule has 0 aromatic carbocycles. The van der Waals surface area contributed by atoms with Crippen molar-refractivity contribution >= 4 is 66.8 Å². The largest absolute Gasteiger partial charge is 0.459 e. The van der Waals surface area contributed by atoms with Crippen LogP contribution in [0.4, 0.5) is 9.59 Å². The number of carbonyl (C=O) groups is 4. The van der Waals surface area contributed by atoms with E-state index in [1.165, 1.54) is 24.7 Å². The van der Waals surface area contributed by atoms with Gasteiger partial charge in [-0.1, -0.05) is 13.8 Å². The Hall–Kier alpha value is -5.14. The van der Waals surface area contributed by atoms with Crippen LogP contribution < -0.4 is 20.8 Å². The Labute approximate surface area is 336 Å². The minimum Gasteiger partial charge on any atom is -0.459 e. The van der Waals surface area contributed by atoms with Crippen molar-refractivity contribution in [2.45, 2.75) is 104 Å². The normalized spacial score (nSPS) is 11.2. The summed E-state index contributed by atoms with van der Waals surface area (Å²) in [5, 5.41) is 12.6. The van der Waals surface area contributed by atoms with Crippen LogP contribution in [0.5, 0.6) is 0 Å². The van der Waals surface area contributed by atoms with Crippen molar-refractivity contribution in [1.29, 1.82) is 0 Å². The number of nitrogens with one attached hydrogen (secondary N) is 3. The Bertz CT molecular complexity index is 2410. The van der Waals surface area contributed by atoms with Gasteiger partial charge in [-0.3, -0.25) is 9.13 Å². The van der Waals surface area contributed by atoms with Gasteiger partial charge in [-0.05, 0) is 61.3 Å². The van der Waals surface area contributed by atoms with E-state index in [0.29, 0.717) is 33.8 Å². The lowest BCUT2D eigenvalue weighted by Gasteiger charge is -2.11. The summed E-state index contributed by atoms with van der Waals surface area (Å²) in [5.74, 6) is -0.577. The number of hydrogen-bond donors (Lipinski definition) is 3. The number of hydrogen-bond acceptors (Lipinski definition) is 17. The lowest BCUT2D eigenvalue weighted by molar-refractivity contribution is 0.0363. The van der Waals surface area contributed by atoms with E-state index < -0.39 is 55.9 Å². The number of methoxy groups -OCH3 is 1. The van der Waals surface area contributed by atoms with Gasteiger partial charge in [0.15, 0.2) is 0 Å². The van der Waals surface area contributed by atoms with Gasteiger partial charge >= 0.3 is 35.4 Å². The van der Waals surface area contributed by atoms with E-state index in [-0.39, 0.29) is 38.5 Å². The molecule has 0 aliphatic heterocycles. The molecule has 0 bridgehead atoms. The summed E-state index contributed by atoms with van der Waals surface area (Å²) in [6.07, 6.45) is -1.22. The molecule has 57 heavy (non-hydrogen) atoms. The summed E-state index contributed by atoms with van der Waals surface area (Å²) in [6.45, 7) is 15.9. The van der Waals surface area contributed by atoms with E-state index in [2.05, 4.69) is 20.0 Å². The van der Waals surface area contributed by atoms with Crippen LogP contribution in [0.15, 0.2) is 30.1 Å². The zero-order valence-corrected chi connectivity index (χ0v) is 36.4. The maximum Gasteiger partial charge on any atom is 0.420 e. The summed E-state index contributed by atoms with van der Waals surface area (Å²) in [6, 6.07) is -1.24. The first-order chi connectivity index (χ1) is 26.5. The quantitative estimate of drug-likeness (QED) is 0.144. The fourth-order valence-corrected chi connectivity index (χ4v) is 9.92. The third-order valence-electron chi connectivity index (χ3n) is 7.22. The zero-order chi connectivity index (χ0) is 43.6. The Morgan fingerprint density at radius 1 is 0.807 bits per heavy atom. The number of nitrogens with zero attached hydrogens (tertiary/aromatic N) is 5. The van der Waals surface area contributed by atoms with Gasteiger partial charge in [0.2, 0.25) is 0 Å². The molecule has 0 aliphatic carbocycles. The van der Waals surface area contributed by atoms with Crippen molar-refractivity contribution in [2.24, 2.45) is 7.05 Å². The first-order valence-electron chi connectivity index (χ1n) is 17.0. The van der Waals surface area contributed by atoms with Crippen LogP contribution in [0.2, 0.25) is 0 Å². The standard InChI is InChI=1S/C15H20N4O6S2.C12H17NO6S2.C5H9N3O/c1-6-11-12(10(7-26-11)13(20)25-8(2)3)27(23,24)17-14(21)19-15(22)18(5)9(4)16-19;1-5-9-10(21(16,17)13-12(15)18-4)8(6-20-9)11(14)19-7(2)3;1-3-8-4(2)6-7-5(8)9/h7-8H,6H2,1-5H3,(H,17,21);6-7H,5H2,1-4H3,(H,13,15);3H2,1-2H3,(H,7,9). The van der Waals surface area contributed by atoms with Crippen LogP contribution in [0.3, 0.4) is 0 Å². The van der Waals surface area contributed by atoms with Gasteiger partial charge in [0.25, 0.3) is 20.0 Å². The smallest absolute Gasteiger partial charge is 0.420 e. The summed E-state index contributed by atoms with van der Waals surface area (Å²) in [5.41, 5.74) is -1.16. The molecular weight excluding hydrogens is 833 g/mol. The van der Waals surface area contributed by atoms with E-state index in [0.717, 1.165) is 40.2 Å². The van der Waals surface area contributed by atoms with Crippen molar-refractivity contribution in [3.8, 4) is 0 Å². The number of rotatable bonds is 11. The molecule has 25 heteroatoms. The van der Waals surface area contributed by atoms with Crippen molar-refractivity contribution in [3.05, 3.63) is 64.3 Å². The Kier molecular flexibility index (Phi) is 17.1. The number of aromatic nitrogens is 6. The summed E-state index contributed by atoms with van der Waals surface area (Å²) < 4.78 is 71.1. The maximum absolute atomic E-state index is 12.8. The van der Waals surface area contributed by atoms with Gasteiger partial charge in [0.1, 0.15) is 21.4 Å². The molecule has 0 unspecified atom stereocenters. The highest BCUT2D eigenvalue weighted by Crippen LogP contribution is 2.30. The minimum atomic E-state index is -4.44. The van der Waals surface area contributed by atoms with Crippen LogP contribution in [0, 0.1) is 13.8 Å². The molecule has 3 N–H and O–H groups in total. The number of H-pyrrole nitrogens is 1. The number of amides is 2. The highest BCUT2D eigenvalue weighted by Gasteiger charge is 2.32. The molecule has 2 amide bonds. The fraction of sp³-hybridized carbons (Fsp3) is 0.500. The predicted molar refractivity (Wildman–Crippen MR) is 208 cm³/mol. The molecule has 316 valence electrons. The third kappa shape index (κ3) is 12.2. The average Bonchev–Trinajstić information content (AvgIpc) is 3.90. The van der Waals surface area contributed by atoms with Gasteiger partial charge in [0.05, 0.1) is 30.4 Å². The molecule has 0 spiro atoms. The second-order valence-electron chi connectivity index (χ2n) is 12.0. The molecule has 21 nitrogen and oxygen atoms in total. The predicted octanol–water partition coefficient (Wildman–Crippen LogP) is 2.85. The van der Waals surface area contributed by atoms with Gasteiger partial charge in [0, 0.05) is 34.1 Å². The molecule has 4 aromatic rings. The Morgan fingerprint density at radius 3 is 1.58 bits per heavy atom. The lowest BCUT2D eigenvalue weighted by Crippen LogP contribution is -2.40. The topological polar surface area (TPSA) is 279 Å². The van der Waals surface area contributed by atoms with Crippen molar-refractivity contribution in [2.75, 3.05) is 7.11 Å². The number of aromatic amines is 1. The molecule has 0 atom stereocenters. The molecule has 4 aromatic heterocycles. The van der Waals surface area contributed by atoms with Gasteiger partial charge in [-0.2, -0.15) is 5.10 Å². The number of sulfonamides is 2. The average molecular weight is 879 g/mol. The third-order valence-corrected chi connectivity index (χ3v) is 12.6. The van der Waals surface area contributed by atoms with Crippen LogP contribution in [-0.4, -0.2) is 89.3 Å². The SMILES string of the molecule is CCc1scc(C(=O)OC(C)C)c1S(=O)(=O)NC(=O)OC.CCc1scc(C(=O)OC(C)C)c1S(=O)(=O)NC(=O)n1nc(C)n(C)c1=O.CCn1c(C)n[nH]c1=O. The van der Waals surface area contributed by atoms with Crippen molar-refractivity contribution < 1.29 is 50.2 Å². The number of esters is 2. The summed E-state index contributed by atoms with van der Waals surface area (Å²) in [7, 11) is -6.19. The van der Waals surface area contributed by atoms with E-state index in [9.17, 15) is 45.6 Å². The number of ether oxygens (including phenoxy) is 3. The number of thiophene rings is 2. The zero-order valence-electron chi connectivity index (χ0n) is 33.1. The lowest BCUT2D eigenvalue weighted by atomic mass is 10.3.